The fourth-order valence-corrected chi connectivity index (χ4v) is 2.71. The van der Waals surface area contributed by atoms with Gasteiger partial charge in [-0.05, 0) is 42.5 Å². The summed E-state index contributed by atoms with van der Waals surface area (Å²) in [5.41, 5.74) is 2.82. The number of oxime groups is 1. The number of carbonyl (C=O) groups excluding carboxylic acids is 1. The van der Waals surface area contributed by atoms with E-state index in [0.717, 1.165) is 16.5 Å². The van der Waals surface area contributed by atoms with Crippen LogP contribution in [0.25, 0.3) is 0 Å². The Morgan fingerprint density at radius 1 is 1.14 bits per heavy atom. The molecule has 112 valence electrons. The van der Waals surface area contributed by atoms with Gasteiger partial charge in [0.2, 0.25) is 0 Å². The Morgan fingerprint density at radius 2 is 1.82 bits per heavy atom. The minimum Gasteiger partial charge on any atom is -0.318 e. The van der Waals surface area contributed by atoms with Crippen LogP contribution in [-0.4, -0.2) is 11.7 Å². The molecule has 0 aliphatic heterocycles. The predicted molar refractivity (Wildman–Crippen MR) is 89.7 cm³/mol. The molecule has 0 unspecified atom stereocenters. The van der Waals surface area contributed by atoms with E-state index in [0.29, 0.717) is 5.71 Å². The molecule has 0 amide bonds. The average Bonchev–Trinajstić information content (AvgIpc) is 3.34. The van der Waals surface area contributed by atoms with Crippen molar-refractivity contribution in [3.05, 3.63) is 70.2 Å². The molecule has 2 aromatic rings. The Kier molecular flexibility index (Phi) is 4.39. The summed E-state index contributed by atoms with van der Waals surface area (Å²) >= 11 is 3.39. The molecule has 3 nitrogen and oxygen atoms in total. The smallest absolute Gasteiger partial charge is 0.318 e. The van der Waals surface area contributed by atoms with E-state index in [1.165, 1.54) is 5.56 Å². The van der Waals surface area contributed by atoms with E-state index >= 15 is 0 Å². The average molecular weight is 358 g/mol. The standard InChI is InChI=1S/C18H16BrNO2/c1-12(13-7-9-15(19)10-8-13)20-22-18(21)17-11-16(17)14-5-3-2-4-6-14/h2-10,16-17H,11H2,1H3/t16-,17+/m1/s1. The lowest BCUT2D eigenvalue weighted by atomic mass is 10.1. The largest absolute Gasteiger partial charge is 0.338 e. The molecule has 2 aromatic carbocycles. The van der Waals surface area contributed by atoms with E-state index in [1.54, 1.807) is 0 Å². The fourth-order valence-electron chi connectivity index (χ4n) is 2.45. The third-order valence-electron chi connectivity index (χ3n) is 3.86. The molecule has 2 atom stereocenters. The Labute approximate surface area is 138 Å². The van der Waals surface area contributed by atoms with Gasteiger partial charge in [0, 0.05) is 4.47 Å². The van der Waals surface area contributed by atoms with Crippen LogP contribution in [0, 0.1) is 5.92 Å². The van der Waals surface area contributed by atoms with Crippen LogP contribution in [0.3, 0.4) is 0 Å². The lowest BCUT2D eigenvalue weighted by Gasteiger charge is -2.02. The Bertz CT molecular complexity index is 695. The highest BCUT2D eigenvalue weighted by Gasteiger charge is 2.45. The summed E-state index contributed by atoms with van der Waals surface area (Å²) in [5.74, 6) is -0.0360. The van der Waals surface area contributed by atoms with E-state index in [9.17, 15) is 4.79 Å². The number of hydrogen-bond donors (Lipinski definition) is 0. The van der Waals surface area contributed by atoms with Gasteiger partial charge in [-0.3, -0.25) is 0 Å². The summed E-state index contributed by atoms with van der Waals surface area (Å²) in [6, 6.07) is 17.8. The first kappa shape index (κ1) is 15.0. The Morgan fingerprint density at radius 3 is 2.50 bits per heavy atom. The molecule has 0 N–H and O–H groups in total. The number of halogens is 1. The maximum absolute atomic E-state index is 12.0. The summed E-state index contributed by atoms with van der Waals surface area (Å²) in [4.78, 5) is 17.1. The molecule has 3 rings (SSSR count). The van der Waals surface area contributed by atoms with Gasteiger partial charge in [0.05, 0.1) is 11.6 Å². The van der Waals surface area contributed by atoms with Crippen LogP contribution in [0.1, 0.15) is 30.4 Å². The second-order valence-electron chi connectivity index (χ2n) is 5.45. The van der Waals surface area contributed by atoms with Crippen molar-refractivity contribution < 1.29 is 9.63 Å². The quantitative estimate of drug-likeness (QED) is 0.458. The second kappa shape index (κ2) is 6.44. The van der Waals surface area contributed by atoms with E-state index in [1.807, 2.05) is 61.5 Å². The van der Waals surface area contributed by atoms with Gasteiger partial charge in [-0.25, -0.2) is 4.79 Å². The highest BCUT2D eigenvalue weighted by molar-refractivity contribution is 9.10. The molecule has 0 heterocycles. The van der Waals surface area contributed by atoms with Crippen LogP contribution >= 0.6 is 15.9 Å². The highest BCUT2D eigenvalue weighted by atomic mass is 79.9. The zero-order valence-electron chi connectivity index (χ0n) is 12.2. The lowest BCUT2D eigenvalue weighted by Crippen LogP contribution is -2.06. The molecule has 0 radical (unpaired) electrons. The maximum Gasteiger partial charge on any atom is 0.338 e. The highest BCUT2D eigenvalue weighted by Crippen LogP contribution is 2.48. The summed E-state index contributed by atoms with van der Waals surface area (Å²) in [7, 11) is 0. The van der Waals surface area contributed by atoms with Gasteiger partial charge in [-0.2, -0.15) is 0 Å². The normalized spacial score (nSPS) is 20.5. The number of hydrogen-bond acceptors (Lipinski definition) is 3. The molecular weight excluding hydrogens is 342 g/mol. The summed E-state index contributed by atoms with van der Waals surface area (Å²) in [6.07, 6.45) is 0.843. The van der Waals surface area contributed by atoms with Crippen molar-refractivity contribution >= 4 is 27.6 Å². The molecule has 0 spiro atoms. The Balaban J connectivity index is 1.59. The van der Waals surface area contributed by atoms with Gasteiger partial charge >= 0.3 is 5.97 Å². The van der Waals surface area contributed by atoms with Crippen molar-refractivity contribution in [3.63, 3.8) is 0 Å². The zero-order valence-corrected chi connectivity index (χ0v) is 13.8. The third-order valence-corrected chi connectivity index (χ3v) is 4.38. The molecule has 1 aliphatic rings. The number of rotatable bonds is 4. The number of carbonyl (C=O) groups is 1. The van der Waals surface area contributed by atoms with Crippen LogP contribution in [0.5, 0.6) is 0 Å². The molecule has 1 aliphatic carbocycles. The van der Waals surface area contributed by atoms with Crippen LogP contribution in [0.4, 0.5) is 0 Å². The van der Waals surface area contributed by atoms with Gasteiger partial charge in [0.25, 0.3) is 0 Å². The zero-order chi connectivity index (χ0) is 15.5. The summed E-state index contributed by atoms with van der Waals surface area (Å²) < 4.78 is 1.00. The first-order chi connectivity index (χ1) is 10.6. The molecule has 0 bridgehead atoms. The van der Waals surface area contributed by atoms with Crippen LogP contribution < -0.4 is 0 Å². The SMILES string of the molecule is CC(=NOC(=O)[C@H]1C[C@@H]1c1ccccc1)c1ccc(Br)cc1. The molecular formula is C18H16BrNO2. The van der Waals surface area contributed by atoms with Crippen molar-refractivity contribution in [2.24, 2.45) is 11.1 Å². The van der Waals surface area contributed by atoms with Crippen molar-refractivity contribution in [3.8, 4) is 0 Å². The van der Waals surface area contributed by atoms with Crippen LogP contribution in [0.15, 0.2) is 64.2 Å². The predicted octanol–water partition coefficient (Wildman–Crippen LogP) is 4.52. The number of nitrogens with zero attached hydrogens (tertiary/aromatic N) is 1. The molecule has 4 heteroatoms. The first-order valence-corrected chi connectivity index (χ1v) is 8.01. The van der Waals surface area contributed by atoms with Crippen LogP contribution in [-0.2, 0) is 9.63 Å². The minimum absolute atomic E-state index is 0.0659. The van der Waals surface area contributed by atoms with E-state index in [4.69, 9.17) is 4.84 Å². The van der Waals surface area contributed by atoms with Crippen molar-refractivity contribution in [1.29, 1.82) is 0 Å². The van der Waals surface area contributed by atoms with Crippen molar-refractivity contribution in [1.82, 2.24) is 0 Å². The van der Waals surface area contributed by atoms with Crippen LogP contribution in [0.2, 0.25) is 0 Å². The second-order valence-corrected chi connectivity index (χ2v) is 6.37. The Hall–Kier alpha value is -1.94. The summed E-state index contributed by atoms with van der Waals surface area (Å²) in [5, 5.41) is 3.97. The molecule has 0 aromatic heterocycles. The van der Waals surface area contributed by atoms with Crippen molar-refractivity contribution in [2.45, 2.75) is 19.3 Å². The molecule has 1 fully saturated rings. The van der Waals surface area contributed by atoms with E-state index in [-0.39, 0.29) is 17.8 Å². The lowest BCUT2D eigenvalue weighted by molar-refractivity contribution is -0.145. The third kappa shape index (κ3) is 3.45. The maximum atomic E-state index is 12.0. The monoisotopic (exact) mass is 357 g/mol. The van der Waals surface area contributed by atoms with Gasteiger partial charge in [0.1, 0.15) is 0 Å². The molecule has 0 saturated heterocycles. The van der Waals surface area contributed by atoms with Crippen molar-refractivity contribution in [2.75, 3.05) is 0 Å². The van der Waals surface area contributed by atoms with Gasteiger partial charge in [0.15, 0.2) is 0 Å². The topological polar surface area (TPSA) is 38.7 Å². The molecule has 22 heavy (non-hydrogen) atoms. The van der Waals surface area contributed by atoms with Gasteiger partial charge < -0.3 is 4.84 Å². The van der Waals surface area contributed by atoms with Gasteiger partial charge in [-0.1, -0.05) is 63.6 Å². The number of benzene rings is 2. The minimum atomic E-state index is -0.245. The fraction of sp³-hybridized carbons (Fsp3) is 0.222. The van der Waals surface area contributed by atoms with Gasteiger partial charge in [-0.15, -0.1) is 0 Å². The van der Waals surface area contributed by atoms with E-state index in [2.05, 4.69) is 21.1 Å². The first-order valence-electron chi connectivity index (χ1n) is 7.21. The molecule has 1 saturated carbocycles. The van der Waals surface area contributed by atoms with E-state index < -0.39 is 0 Å². The summed E-state index contributed by atoms with van der Waals surface area (Å²) in [6.45, 7) is 1.83.